The molecule has 0 unspecified atom stereocenters. The van der Waals surface area contributed by atoms with E-state index in [9.17, 15) is 4.79 Å². The third-order valence-electron chi connectivity index (χ3n) is 4.72. The van der Waals surface area contributed by atoms with E-state index in [0.29, 0.717) is 31.2 Å². The molecule has 0 spiro atoms. The van der Waals surface area contributed by atoms with Crippen LogP contribution in [-0.2, 0) is 11.2 Å². The van der Waals surface area contributed by atoms with E-state index < -0.39 is 0 Å². The summed E-state index contributed by atoms with van der Waals surface area (Å²) in [7, 11) is 0. The molecule has 6 heteroatoms. The largest absolute Gasteiger partial charge is 0.484 e. The fourth-order valence-corrected chi connectivity index (χ4v) is 3.07. The predicted molar refractivity (Wildman–Crippen MR) is 99.5 cm³/mol. The lowest BCUT2D eigenvalue weighted by atomic mass is 10.0. The normalized spacial score (nSPS) is 14.0. The van der Waals surface area contributed by atoms with E-state index in [4.69, 9.17) is 9.26 Å². The predicted octanol–water partition coefficient (Wildman–Crippen LogP) is 2.97. The van der Waals surface area contributed by atoms with Gasteiger partial charge in [-0.1, -0.05) is 53.7 Å². The minimum atomic E-state index is -0.0291. The number of benzene rings is 2. The first kappa shape index (κ1) is 17.3. The Morgan fingerprint density at radius 1 is 1.15 bits per heavy atom. The summed E-state index contributed by atoms with van der Waals surface area (Å²) in [4.78, 5) is 18.5. The fourth-order valence-electron chi connectivity index (χ4n) is 3.07. The molecule has 2 heterocycles. The molecular formula is C21H21N3O3. The zero-order valence-electron chi connectivity index (χ0n) is 15.2. The standard InChI is InChI=1S/C21H21N3O3/c1-15-7-5-6-10-18(15)26-14-20(25)24-12-17(13-24)21-22-19(23-27-21)11-16-8-3-2-4-9-16/h2-10,17H,11-14H2,1H3. The van der Waals surface area contributed by atoms with Crippen molar-refractivity contribution in [3.63, 3.8) is 0 Å². The van der Waals surface area contributed by atoms with Gasteiger partial charge in [-0.25, -0.2) is 0 Å². The molecule has 1 aliphatic rings. The number of ether oxygens (including phenoxy) is 1. The maximum absolute atomic E-state index is 12.3. The van der Waals surface area contributed by atoms with Crippen LogP contribution in [0.3, 0.4) is 0 Å². The van der Waals surface area contributed by atoms with Crippen molar-refractivity contribution in [3.05, 3.63) is 77.4 Å². The molecule has 1 aromatic heterocycles. The van der Waals surface area contributed by atoms with Gasteiger partial charge in [-0.2, -0.15) is 4.98 Å². The van der Waals surface area contributed by atoms with Crippen LogP contribution < -0.4 is 4.74 Å². The molecule has 0 saturated carbocycles. The number of nitrogens with zero attached hydrogens (tertiary/aromatic N) is 3. The van der Waals surface area contributed by atoms with Crippen molar-refractivity contribution in [1.29, 1.82) is 0 Å². The molecule has 0 bridgehead atoms. The van der Waals surface area contributed by atoms with Crippen LogP contribution in [0.2, 0.25) is 0 Å². The highest BCUT2D eigenvalue weighted by molar-refractivity contribution is 5.78. The summed E-state index contributed by atoms with van der Waals surface area (Å²) < 4.78 is 11.0. The Kier molecular flexibility index (Phi) is 4.87. The summed E-state index contributed by atoms with van der Waals surface area (Å²) in [6.45, 7) is 3.18. The van der Waals surface area contributed by atoms with Gasteiger partial charge in [-0.05, 0) is 24.1 Å². The van der Waals surface area contributed by atoms with Crippen molar-refractivity contribution < 1.29 is 14.1 Å². The summed E-state index contributed by atoms with van der Waals surface area (Å²) in [6.07, 6.45) is 0.643. The lowest BCUT2D eigenvalue weighted by molar-refractivity contribution is -0.138. The first-order valence-electron chi connectivity index (χ1n) is 9.01. The molecule has 27 heavy (non-hydrogen) atoms. The van der Waals surface area contributed by atoms with Crippen molar-refractivity contribution in [2.75, 3.05) is 19.7 Å². The molecule has 3 aromatic rings. The van der Waals surface area contributed by atoms with Gasteiger partial charge in [0.05, 0.1) is 5.92 Å². The number of aromatic nitrogens is 2. The van der Waals surface area contributed by atoms with Gasteiger partial charge in [-0.3, -0.25) is 4.79 Å². The van der Waals surface area contributed by atoms with Gasteiger partial charge in [0.25, 0.3) is 5.91 Å². The molecule has 6 nitrogen and oxygen atoms in total. The van der Waals surface area contributed by atoms with Crippen molar-refractivity contribution >= 4 is 5.91 Å². The number of para-hydroxylation sites is 1. The lowest BCUT2D eigenvalue weighted by Gasteiger charge is -2.36. The SMILES string of the molecule is Cc1ccccc1OCC(=O)N1CC(c2nc(Cc3ccccc3)no2)C1. The molecule has 1 saturated heterocycles. The summed E-state index contributed by atoms with van der Waals surface area (Å²) in [5.41, 5.74) is 2.16. The second kappa shape index (κ2) is 7.61. The lowest BCUT2D eigenvalue weighted by Crippen LogP contribution is -2.50. The number of aryl methyl sites for hydroxylation is 1. The highest BCUT2D eigenvalue weighted by Gasteiger charge is 2.35. The van der Waals surface area contributed by atoms with Crippen LogP contribution in [0.15, 0.2) is 59.1 Å². The van der Waals surface area contributed by atoms with Crippen molar-refractivity contribution in [2.45, 2.75) is 19.3 Å². The Balaban J connectivity index is 1.27. The van der Waals surface area contributed by atoms with Gasteiger partial charge in [0.2, 0.25) is 5.89 Å². The molecular weight excluding hydrogens is 342 g/mol. The molecule has 1 aliphatic heterocycles. The van der Waals surface area contributed by atoms with Crippen LogP contribution in [0, 0.1) is 6.92 Å². The van der Waals surface area contributed by atoms with Gasteiger partial charge in [0, 0.05) is 19.5 Å². The van der Waals surface area contributed by atoms with E-state index in [1.54, 1.807) is 4.90 Å². The molecule has 0 radical (unpaired) electrons. The van der Waals surface area contributed by atoms with E-state index in [2.05, 4.69) is 10.1 Å². The molecule has 1 fully saturated rings. The highest BCUT2D eigenvalue weighted by atomic mass is 16.5. The number of hydrogen-bond donors (Lipinski definition) is 0. The molecule has 4 rings (SSSR count). The average Bonchev–Trinajstić information content (AvgIpc) is 3.08. The summed E-state index contributed by atoms with van der Waals surface area (Å²) in [6, 6.07) is 17.7. The van der Waals surface area contributed by atoms with Gasteiger partial charge in [0.1, 0.15) is 5.75 Å². The topological polar surface area (TPSA) is 68.5 Å². The number of rotatable bonds is 6. The number of carbonyl (C=O) groups is 1. The minimum Gasteiger partial charge on any atom is -0.484 e. The summed E-state index contributed by atoms with van der Waals surface area (Å²) >= 11 is 0. The van der Waals surface area contributed by atoms with E-state index in [1.807, 2.05) is 61.5 Å². The van der Waals surface area contributed by atoms with Crippen molar-refractivity contribution in [1.82, 2.24) is 15.0 Å². The maximum Gasteiger partial charge on any atom is 0.260 e. The monoisotopic (exact) mass is 363 g/mol. The van der Waals surface area contributed by atoms with Crippen LogP contribution in [0.4, 0.5) is 0 Å². The molecule has 138 valence electrons. The number of likely N-dealkylation sites (tertiary alicyclic amines) is 1. The zero-order valence-corrected chi connectivity index (χ0v) is 15.2. The van der Waals surface area contributed by atoms with Gasteiger partial charge in [-0.15, -0.1) is 0 Å². The van der Waals surface area contributed by atoms with Gasteiger partial charge in [0.15, 0.2) is 12.4 Å². The van der Waals surface area contributed by atoms with Gasteiger partial charge < -0.3 is 14.2 Å². The number of amides is 1. The first-order valence-corrected chi connectivity index (χ1v) is 9.01. The van der Waals surface area contributed by atoms with E-state index in [-0.39, 0.29) is 18.4 Å². The third-order valence-corrected chi connectivity index (χ3v) is 4.72. The van der Waals surface area contributed by atoms with Crippen LogP contribution in [0.25, 0.3) is 0 Å². The average molecular weight is 363 g/mol. The second-order valence-corrected chi connectivity index (χ2v) is 6.76. The van der Waals surface area contributed by atoms with Crippen LogP contribution in [0.1, 0.15) is 28.8 Å². The maximum atomic E-state index is 12.3. The Labute approximate surface area is 157 Å². The molecule has 0 N–H and O–H groups in total. The van der Waals surface area contributed by atoms with E-state index in [1.165, 1.54) is 0 Å². The van der Waals surface area contributed by atoms with Gasteiger partial charge >= 0.3 is 0 Å². The smallest absolute Gasteiger partial charge is 0.260 e. The second-order valence-electron chi connectivity index (χ2n) is 6.76. The quantitative estimate of drug-likeness (QED) is 0.673. The Morgan fingerprint density at radius 2 is 1.89 bits per heavy atom. The minimum absolute atomic E-state index is 0.0291. The fraction of sp³-hybridized carbons (Fsp3) is 0.286. The Morgan fingerprint density at radius 3 is 2.67 bits per heavy atom. The van der Waals surface area contributed by atoms with Crippen molar-refractivity contribution in [2.24, 2.45) is 0 Å². The number of hydrogen-bond acceptors (Lipinski definition) is 5. The number of carbonyl (C=O) groups excluding carboxylic acids is 1. The molecule has 2 aromatic carbocycles. The third kappa shape index (κ3) is 4.00. The Bertz CT molecular complexity index is 917. The first-order chi connectivity index (χ1) is 13.2. The van der Waals surface area contributed by atoms with E-state index >= 15 is 0 Å². The highest BCUT2D eigenvalue weighted by Crippen LogP contribution is 2.26. The zero-order chi connectivity index (χ0) is 18.6. The summed E-state index contributed by atoms with van der Waals surface area (Å²) in [5.74, 6) is 2.09. The molecule has 0 atom stereocenters. The van der Waals surface area contributed by atoms with Crippen LogP contribution in [0.5, 0.6) is 5.75 Å². The molecule has 0 aliphatic carbocycles. The van der Waals surface area contributed by atoms with Crippen LogP contribution >= 0.6 is 0 Å². The summed E-state index contributed by atoms with van der Waals surface area (Å²) in [5, 5.41) is 4.06. The molecule has 1 amide bonds. The van der Waals surface area contributed by atoms with Crippen molar-refractivity contribution in [3.8, 4) is 5.75 Å². The van der Waals surface area contributed by atoms with E-state index in [0.717, 1.165) is 16.9 Å². The Hall–Kier alpha value is -3.15. The van der Waals surface area contributed by atoms with Crippen LogP contribution in [-0.4, -0.2) is 40.6 Å².